The van der Waals surface area contributed by atoms with Gasteiger partial charge in [0, 0.05) is 11.3 Å². The number of hydrogen-bond acceptors (Lipinski definition) is 8. The molecule has 0 spiro atoms. The molecule has 1 saturated heterocycles. The molecule has 1 heterocycles. The third-order valence-electron chi connectivity index (χ3n) is 13.8. The minimum absolute atomic E-state index is 0.00663. The number of aliphatic hydroxyl groups excluding tert-OH is 6. The van der Waals surface area contributed by atoms with Gasteiger partial charge < -0.3 is 40.1 Å². The average Bonchev–Trinajstić information content (AvgIpc) is 3.21. The van der Waals surface area contributed by atoms with Gasteiger partial charge in [0.25, 0.3) is 0 Å². The van der Waals surface area contributed by atoms with Crippen molar-refractivity contribution in [1.29, 1.82) is 0 Å². The number of fused-ring (bicyclic) bond motifs is 5. The first kappa shape index (κ1) is 34.5. The maximum absolute atomic E-state index is 11.1. The van der Waals surface area contributed by atoms with Gasteiger partial charge in [-0.3, -0.25) is 0 Å². The van der Waals surface area contributed by atoms with Crippen LogP contribution >= 0.6 is 0 Å². The van der Waals surface area contributed by atoms with Gasteiger partial charge in [-0.2, -0.15) is 0 Å². The first-order chi connectivity index (χ1) is 20.4. The molecular weight excluding hydrogens is 560 g/mol. The number of aliphatic hydroxyl groups is 6. The number of hydrogen-bond donors (Lipinski definition) is 6. The first-order valence-electron chi connectivity index (χ1n) is 17.1. The van der Waals surface area contributed by atoms with Crippen molar-refractivity contribution < 1.29 is 40.1 Å². The second kappa shape index (κ2) is 12.0. The zero-order chi connectivity index (χ0) is 32.6. The van der Waals surface area contributed by atoms with Gasteiger partial charge in [-0.05, 0) is 92.8 Å². The Bertz CT molecular complexity index is 1110. The van der Waals surface area contributed by atoms with Crippen molar-refractivity contribution in [2.45, 2.75) is 149 Å². The maximum atomic E-state index is 11.1. The Morgan fingerprint density at radius 1 is 0.955 bits per heavy atom. The van der Waals surface area contributed by atoms with E-state index in [1.54, 1.807) is 0 Å². The van der Waals surface area contributed by atoms with E-state index in [1.807, 2.05) is 19.9 Å². The zero-order valence-electron chi connectivity index (χ0n) is 28.2. The number of allylic oxidation sites excluding steroid dienone is 1. The smallest absolute Gasteiger partial charge is 0.187 e. The molecule has 3 saturated carbocycles. The normalized spacial score (nSPS) is 49.6. The predicted molar refractivity (Wildman–Crippen MR) is 168 cm³/mol. The monoisotopic (exact) mass is 620 g/mol. The molecular formula is C36H60O8. The summed E-state index contributed by atoms with van der Waals surface area (Å²) < 4.78 is 12.7. The summed E-state index contributed by atoms with van der Waals surface area (Å²) in [4.78, 5) is 0. The van der Waals surface area contributed by atoms with E-state index in [2.05, 4.69) is 47.6 Å². The Morgan fingerprint density at radius 3 is 2.27 bits per heavy atom. The number of rotatable bonds is 7. The van der Waals surface area contributed by atoms with Crippen molar-refractivity contribution in [2.24, 2.45) is 45.3 Å². The summed E-state index contributed by atoms with van der Waals surface area (Å²) in [6.45, 7) is 17.4. The molecule has 0 aromatic heterocycles. The largest absolute Gasteiger partial charge is 0.394 e. The van der Waals surface area contributed by atoms with Gasteiger partial charge in [-0.15, -0.1) is 0 Å². The maximum Gasteiger partial charge on any atom is 0.187 e. The third kappa shape index (κ3) is 5.28. The van der Waals surface area contributed by atoms with Crippen molar-refractivity contribution in [1.82, 2.24) is 0 Å². The summed E-state index contributed by atoms with van der Waals surface area (Å²) in [5.74, 6) is 1.12. The molecule has 252 valence electrons. The van der Waals surface area contributed by atoms with Crippen LogP contribution in [-0.4, -0.2) is 86.3 Å². The second-order valence-corrected chi connectivity index (χ2v) is 16.8. The van der Waals surface area contributed by atoms with E-state index < -0.39 is 61.0 Å². The summed E-state index contributed by atoms with van der Waals surface area (Å²) in [6.07, 6.45) is 2.64. The van der Waals surface area contributed by atoms with Crippen molar-refractivity contribution in [2.75, 3.05) is 6.61 Å². The average molecular weight is 621 g/mol. The SMILES string of the molecule is CC(C)=C[C@H](O)C[C@@H](C)[C@H]1CC[C@@]2(C)[C@@H]3C(O[C@H]4O[C@@H](CO)[C@H](O)[C@@H](O)[C@@H]4O)C=C4[C@@H](CC[C@H](O)C4(C)C)[C@]3(C)CC[C@]12C. The van der Waals surface area contributed by atoms with E-state index in [1.165, 1.54) is 5.57 Å². The Kier molecular flexibility index (Phi) is 9.40. The molecule has 0 radical (unpaired) electrons. The van der Waals surface area contributed by atoms with E-state index in [9.17, 15) is 30.6 Å². The molecule has 4 fully saturated rings. The molecule has 1 unspecified atom stereocenters. The van der Waals surface area contributed by atoms with Crippen LogP contribution in [0.1, 0.15) is 100 Å². The zero-order valence-corrected chi connectivity index (χ0v) is 28.2. The Balaban J connectivity index is 1.56. The first-order valence-corrected chi connectivity index (χ1v) is 17.1. The third-order valence-corrected chi connectivity index (χ3v) is 13.8. The van der Waals surface area contributed by atoms with Crippen LogP contribution < -0.4 is 0 Å². The van der Waals surface area contributed by atoms with Crippen LogP contribution in [-0.2, 0) is 9.47 Å². The standard InChI is InChI=1S/C36H60O8/c1-19(2)15-21(38)16-20(3)22-11-12-36(8)31-25(43-32-30(42)29(41)28(40)26(18-37)44-32)17-24-23(9-10-27(39)33(24,4)5)34(31,6)13-14-35(22,36)7/h15,17,20-23,25-32,37-42H,9-14,16,18H2,1-8H3/t20-,21+,22-,23-,25?,26+,27+,28+,29-,30+,31-,32+,34+,35-,36+/m1/s1. The highest BCUT2D eigenvalue weighted by Gasteiger charge is 2.70. The Morgan fingerprint density at radius 2 is 1.64 bits per heavy atom. The Labute approximate surface area is 264 Å². The van der Waals surface area contributed by atoms with Crippen molar-refractivity contribution >= 4 is 0 Å². The molecule has 5 rings (SSSR count). The van der Waals surface area contributed by atoms with Gasteiger partial charge in [-0.1, -0.05) is 64.8 Å². The molecule has 4 aliphatic carbocycles. The lowest BCUT2D eigenvalue weighted by atomic mass is 9.38. The molecule has 15 atom stereocenters. The van der Waals surface area contributed by atoms with Gasteiger partial charge in [0.15, 0.2) is 6.29 Å². The van der Waals surface area contributed by atoms with Crippen LogP contribution in [0.2, 0.25) is 0 Å². The van der Waals surface area contributed by atoms with Gasteiger partial charge >= 0.3 is 0 Å². The predicted octanol–water partition coefficient (Wildman–Crippen LogP) is 4.10. The lowest BCUT2D eigenvalue weighted by Gasteiger charge is -2.67. The topological polar surface area (TPSA) is 140 Å². The molecule has 0 amide bonds. The van der Waals surface area contributed by atoms with E-state index >= 15 is 0 Å². The van der Waals surface area contributed by atoms with Gasteiger partial charge in [0.05, 0.1) is 24.9 Å². The highest BCUT2D eigenvalue weighted by atomic mass is 16.7. The summed E-state index contributed by atoms with van der Waals surface area (Å²) >= 11 is 0. The molecule has 44 heavy (non-hydrogen) atoms. The number of ether oxygens (including phenoxy) is 2. The van der Waals surface area contributed by atoms with E-state index in [0.717, 1.165) is 50.5 Å². The molecule has 1 aliphatic heterocycles. The summed E-state index contributed by atoms with van der Waals surface area (Å²) in [6, 6.07) is 0. The van der Waals surface area contributed by atoms with E-state index in [0.29, 0.717) is 11.8 Å². The highest BCUT2D eigenvalue weighted by molar-refractivity contribution is 5.33. The molecule has 0 bridgehead atoms. The van der Waals surface area contributed by atoms with Crippen molar-refractivity contribution in [3.8, 4) is 0 Å². The summed E-state index contributed by atoms with van der Waals surface area (Å²) in [7, 11) is 0. The minimum Gasteiger partial charge on any atom is -0.394 e. The molecule has 5 aliphatic rings. The summed E-state index contributed by atoms with van der Waals surface area (Å²) in [5.41, 5.74) is 1.62. The van der Waals surface area contributed by atoms with Crippen LogP contribution in [0.15, 0.2) is 23.3 Å². The molecule has 0 aromatic rings. The Hall–Kier alpha value is -0.840. The fourth-order valence-electron chi connectivity index (χ4n) is 11.1. The highest BCUT2D eigenvalue weighted by Crippen LogP contribution is 2.75. The quantitative estimate of drug-likeness (QED) is 0.234. The van der Waals surface area contributed by atoms with Crippen LogP contribution in [0, 0.1) is 45.3 Å². The van der Waals surface area contributed by atoms with Gasteiger partial charge in [0.2, 0.25) is 0 Å². The molecule has 0 aromatic carbocycles. The minimum atomic E-state index is -1.51. The van der Waals surface area contributed by atoms with E-state index in [-0.39, 0.29) is 28.1 Å². The van der Waals surface area contributed by atoms with Crippen LogP contribution in [0.3, 0.4) is 0 Å². The molecule has 8 heteroatoms. The molecule has 6 N–H and O–H groups in total. The lowest BCUT2D eigenvalue weighted by molar-refractivity contribution is -0.322. The second-order valence-electron chi connectivity index (χ2n) is 16.8. The van der Waals surface area contributed by atoms with Gasteiger partial charge in [0.1, 0.15) is 24.4 Å². The lowest BCUT2D eigenvalue weighted by Crippen LogP contribution is -2.65. The molecule has 8 nitrogen and oxygen atoms in total. The van der Waals surface area contributed by atoms with Crippen LogP contribution in [0.5, 0.6) is 0 Å². The fraction of sp³-hybridized carbons (Fsp3) is 0.889. The van der Waals surface area contributed by atoms with Crippen LogP contribution in [0.4, 0.5) is 0 Å². The van der Waals surface area contributed by atoms with Crippen molar-refractivity contribution in [3.63, 3.8) is 0 Å². The van der Waals surface area contributed by atoms with Crippen molar-refractivity contribution in [3.05, 3.63) is 23.3 Å². The van der Waals surface area contributed by atoms with Gasteiger partial charge in [-0.25, -0.2) is 0 Å². The van der Waals surface area contributed by atoms with E-state index in [4.69, 9.17) is 9.47 Å². The summed E-state index contributed by atoms with van der Waals surface area (Å²) in [5, 5.41) is 63.9. The van der Waals surface area contributed by atoms with Crippen LogP contribution in [0.25, 0.3) is 0 Å². The fourth-order valence-corrected chi connectivity index (χ4v) is 11.1.